The number of ether oxygens (including phenoxy) is 1. The molecule has 3 atom stereocenters. The van der Waals surface area contributed by atoms with Crippen LogP contribution in [-0.4, -0.2) is 47.2 Å². The minimum Gasteiger partial charge on any atom is -0.493 e. The highest BCUT2D eigenvalue weighted by molar-refractivity contribution is 5.97. The molecule has 1 heterocycles. The van der Waals surface area contributed by atoms with E-state index in [0.717, 1.165) is 41.1 Å². The van der Waals surface area contributed by atoms with Crippen molar-refractivity contribution in [3.05, 3.63) is 29.1 Å². The lowest BCUT2D eigenvalue weighted by atomic mass is 9.50. The highest BCUT2D eigenvalue weighted by Gasteiger charge is 2.51. The normalized spacial score (nSPS) is 38.4. The van der Waals surface area contributed by atoms with Gasteiger partial charge in [-0.15, -0.1) is 0 Å². The summed E-state index contributed by atoms with van der Waals surface area (Å²) < 4.78 is 35.9. The van der Waals surface area contributed by atoms with E-state index in [2.05, 4.69) is 0 Å². The van der Waals surface area contributed by atoms with Crippen LogP contribution in [0.1, 0.15) is 80.1 Å². The van der Waals surface area contributed by atoms with Gasteiger partial charge in [0.25, 0.3) is 5.91 Å². The molecule has 4 bridgehead atoms. The quantitative estimate of drug-likeness (QED) is 0.618. The van der Waals surface area contributed by atoms with Crippen LogP contribution in [0.5, 0.6) is 5.75 Å². The van der Waals surface area contributed by atoms with Gasteiger partial charge in [-0.1, -0.05) is 6.92 Å². The Balaban J connectivity index is 1.25. The molecular weight excluding hydrogens is 440 g/mol. The monoisotopic (exact) mass is 473 g/mol. The van der Waals surface area contributed by atoms with Crippen LogP contribution in [0.25, 0.3) is 0 Å². The number of amides is 1. The zero-order valence-electron chi connectivity index (χ0n) is 19.6. The van der Waals surface area contributed by atoms with Gasteiger partial charge in [-0.2, -0.15) is 0 Å². The molecule has 1 N–H and O–H groups in total. The fourth-order valence-corrected chi connectivity index (χ4v) is 7.94. The molecule has 0 unspecified atom stereocenters. The van der Waals surface area contributed by atoms with Gasteiger partial charge in [0.2, 0.25) is 0 Å². The van der Waals surface area contributed by atoms with Crippen LogP contribution in [-0.2, 0) is 4.79 Å². The summed E-state index contributed by atoms with van der Waals surface area (Å²) in [7, 11) is 0. The second-order valence-electron chi connectivity index (χ2n) is 12.0. The van der Waals surface area contributed by atoms with Crippen molar-refractivity contribution >= 4 is 11.9 Å². The second-order valence-corrected chi connectivity index (χ2v) is 12.0. The van der Waals surface area contributed by atoms with Crippen molar-refractivity contribution in [3.63, 3.8) is 0 Å². The Morgan fingerprint density at radius 3 is 2.29 bits per heavy atom. The van der Waals surface area contributed by atoms with Gasteiger partial charge in [-0.25, -0.2) is 13.6 Å². The summed E-state index contributed by atoms with van der Waals surface area (Å²) in [6, 6.07) is 1.56. The molecule has 1 amide bonds. The Morgan fingerprint density at radius 2 is 1.74 bits per heavy atom. The van der Waals surface area contributed by atoms with Crippen LogP contribution < -0.4 is 4.74 Å². The lowest BCUT2D eigenvalue weighted by Crippen LogP contribution is -2.48. The van der Waals surface area contributed by atoms with Crippen LogP contribution in [0.4, 0.5) is 8.78 Å². The summed E-state index contributed by atoms with van der Waals surface area (Å²) in [6.45, 7) is 1.74. The van der Waals surface area contributed by atoms with E-state index in [1.54, 1.807) is 6.07 Å². The summed E-state index contributed by atoms with van der Waals surface area (Å²) in [5.41, 5.74) is 0.832. The number of rotatable bonds is 6. The number of carbonyl (C=O) groups excluding carboxylic acids is 1. The Bertz CT molecular complexity index is 987. The van der Waals surface area contributed by atoms with Crippen molar-refractivity contribution in [3.8, 4) is 5.75 Å². The van der Waals surface area contributed by atoms with Gasteiger partial charge >= 0.3 is 5.97 Å². The fraction of sp³-hybridized carbons (Fsp3) is 0.704. The second kappa shape index (κ2) is 7.92. The van der Waals surface area contributed by atoms with E-state index in [9.17, 15) is 19.1 Å². The van der Waals surface area contributed by atoms with E-state index in [0.29, 0.717) is 12.4 Å². The van der Waals surface area contributed by atoms with E-state index in [1.165, 1.54) is 51.5 Å². The van der Waals surface area contributed by atoms with E-state index in [-0.39, 0.29) is 23.4 Å². The number of carboxylic acids is 1. The largest absolute Gasteiger partial charge is 0.493 e. The highest BCUT2D eigenvalue weighted by Crippen LogP contribution is 2.60. The molecule has 34 heavy (non-hydrogen) atoms. The molecular formula is C27H33F2NO4. The summed E-state index contributed by atoms with van der Waals surface area (Å²) in [5.74, 6) is -0.438. The van der Waals surface area contributed by atoms with E-state index in [4.69, 9.17) is 4.74 Å². The third-order valence-electron chi connectivity index (χ3n) is 9.34. The van der Waals surface area contributed by atoms with Gasteiger partial charge in [0.15, 0.2) is 0 Å². The Morgan fingerprint density at radius 1 is 1.12 bits per heavy atom. The number of nitrogens with zero attached hydrogens (tertiary/aromatic N) is 1. The summed E-state index contributed by atoms with van der Waals surface area (Å²) in [4.78, 5) is 25.9. The maximum absolute atomic E-state index is 15.3. The molecule has 6 fully saturated rings. The van der Waals surface area contributed by atoms with Gasteiger partial charge in [0.05, 0.1) is 18.7 Å². The predicted octanol–water partition coefficient (Wildman–Crippen LogP) is 5.18. The van der Waals surface area contributed by atoms with Gasteiger partial charge in [-0.3, -0.25) is 4.79 Å². The third kappa shape index (κ3) is 3.70. The number of benzene rings is 1. The number of alkyl halides is 1. The van der Waals surface area contributed by atoms with Crippen molar-refractivity contribution in [1.29, 1.82) is 0 Å². The predicted molar refractivity (Wildman–Crippen MR) is 121 cm³/mol. The number of carboxylic acid groups (broad SMARTS) is 1. The van der Waals surface area contributed by atoms with Crippen molar-refractivity contribution < 1.29 is 28.2 Å². The number of halogens is 2. The zero-order valence-corrected chi connectivity index (χ0v) is 19.6. The SMILES string of the molecule is C[C@@H]1[C@H](F)CN(C(=O)c2cc(C3CC3)c(OCC34CC5CC(CC(C5)C3)C4)cc2F)[C@@H]1C(=O)O. The van der Waals surface area contributed by atoms with E-state index in [1.807, 2.05) is 0 Å². The molecule has 5 saturated carbocycles. The Kier molecular flexibility index (Phi) is 5.19. The van der Waals surface area contributed by atoms with Gasteiger partial charge in [0, 0.05) is 17.4 Å². The first-order valence-electron chi connectivity index (χ1n) is 12.9. The summed E-state index contributed by atoms with van der Waals surface area (Å²) in [5, 5.41) is 9.55. The molecule has 5 nitrogen and oxygen atoms in total. The molecule has 1 aliphatic heterocycles. The minimum absolute atomic E-state index is 0.184. The molecule has 1 aromatic carbocycles. The third-order valence-corrected chi connectivity index (χ3v) is 9.34. The lowest BCUT2D eigenvalue weighted by Gasteiger charge is -2.56. The molecule has 1 saturated heterocycles. The van der Waals surface area contributed by atoms with Crippen LogP contribution in [0.3, 0.4) is 0 Å². The van der Waals surface area contributed by atoms with Gasteiger partial charge in [-0.05, 0) is 86.7 Å². The Labute approximate surface area is 198 Å². The van der Waals surface area contributed by atoms with Crippen LogP contribution >= 0.6 is 0 Å². The van der Waals surface area contributed by atoms with Crippen molar-refractivity contribution in [2.45, 2.75) is 76.4 Å². The van der Waals surface area contributed by atoms with Crippen molar-refractivity contribution in [2.75, 3.05) is 13.2 Å². The van der Waals surface area contributed by atoms with Gasteiger partial charge < -0.3 is 14.7 Å². The van der Waals surface area contributed by atoms with Crippen molar-refractivity contribution in [2.24, 2.45) is 29.1 Å². The number of hydrogen-bond acceptors (Lipinski definition) is 3. The van der Waals surface area contributed by atoms with Crippen LogP contribution in [0.2, 0.25) is 0 Å². The van der Waals surface area contributed by atoms with Crippen molar-refractivity contribution in [1.82, 2.24) is 4.90 Å². The molecule has 0 spiro atoms. The maximum Gasteiger partial charge on any atom is 0.326 e. The van der Waals surface area contributed by atoms with Crippen LogP contribution in [0.15, 0.2) is 12.1 Å². The molecule has 184 valence electrons. The molecule has 0 aromatic heterocycles. The first kappa shape index (κ1) is 22.3. The molecule has 5 aliphatic carbocycles. The fourth-order valence-electron chi connectivity index (χ4n) is 7.94. The number of hydrogen-bond donors (Lipinski definition) is 1. The molecule has 0 radical (unpaired) electrons. The number of aliphatic carboxylic acids is 1. The maximum atomic E-state index is 15.3. The van der Waals surface area contributed by atoms with E-state index < -0.39 is 35.8 Å². The van der Waals surface area contributed by atoms with Crippen LogP contribution in [0, 0.1) is 34.9 Å². The lowest BCUT2D eigenvalue weighted by molar-refractivity contribution is -0.142. The minimum atomic E-state index is -1.45. The standard InChI is InChI=1S/C27H33F2NO4/c1-14-22(29)12-30(24(14)26(32)33)25(31)20-7-19(18-2-3-18)23(8-21(20)28)34-13-27-9-15-4-16(10-27)6-17(5-15)11-27/h7-8,14-18,22,24H,2-6,9-13H2,1H3,(H,32,33)/t14-,15?,16?,17?,22-,24+,27?/m1/s1. The topological polar surface area (TPSA) is 66.8 Å². The first-order chi connectivity index (χ1) is 16.2. The molecule has 1 aromatic rings. The van der Waals surface area contributed by atoms with E-state index >= 15 is 4.39 Å². The first-order valence-corrected chi connectivity index (χ1v) is 12.9. The highest BCUT2D eigenvalue weighted by atomic mass is 19.1. The molecule has 6 aliphatic rings. The number of carbonyl (C=O) groups is 2. The average molecular weight is 474 g/mol. The molecule has 7 rings (SSSR count). The Hall–Kier alpha value is -2.18. The summed E-state index contributed by atoms with van der Waals surface area (Å²) >= 11 is 0. The average Bonchev–Trinajstić information content (AvgIpc) is 3.56. The summed E-state index contributed by atoms with van der Waals surface area (Å²) in [6.07, 6.45) is 8.12. The zero-order chi connectivity index (χ0) is 23.8. The molecule has 7 heteroatoms. The smallest absolute Gasteiger partial charge is 0.326 e. The number of likely N-dealkylation sites (tertiary alicyclic amines) is 1. The van der Waals surface area contributed by atoms with Gasteiger partial charge in [0.1, 0.15) is 23.8 Å².